The van der Waals surface area contributed by atoms with Gasteiger partial charge in [-0.25, -0.2) is 4.98 Å². The molecule has 1 saturated heterocycles. The molecule has 0 amide bonds. The van der Waals surface area contributed by atoms with Gasteiger partial charge in [0, 0.05) is 31.2 Å². The number of rotatable bonds is 4. The van der Waals surface area contributed by atoms with Gasteiger partial charge in [0.15, 0.2) is 0 Å². The zero-order valence-electron chi connectivity index (χ0n) is 11.5. The number of hydrogen-bond donors (Lipinski definition) is 0. The lowest BCUT2D eigenvalue weighted by Crippen LogP contribution is -2.38. The number of nitrogens with zero attached hydrogens (tertiary/aromatic N) is 3. The Morgan fingerprint density at radius 1 is 1.50 bits per heavy atom. The number of pyridine rings is 1. The van der Waals surface area contributed by atoms with Crippen LogP contribution in [0.25, 0.3) is 0 Å². The minimum Gasteiger partial charge on any atom is -0.352 e. The van der Waals surface area contributed by atoms with Crippen molar-refractivity contribution in [3.05, 3.63) is 23.4 Å². The Kier molecular flexibility index (Phi) is 4.46. The highest BCUT2D eigenvalue weighted by Crippen LogP contribution is 2.27. The predicted octanol–water partition coefficient (Wildman–Crippen LogP) is 2.66. The third kappa shape index (κ3) is 2.96. The van der Waals surface area contributed by atoms with Gasteiger partial charge in [-0.3, -0.25) is 0 Å². The summed E-state index contributed by atoms with van der Waals surface area (Å²) in [6, 6.07) is 2.74. The smallest absolute Gasteiger partial charge is 0.131 e. The lowest BCUT2D eigenvalue weighted by atomic mass is 10.2. The van der Waals surface area contributed by atoms with Crippen molar-refractivity contribution in [1.29, 1.82) is 0 Å². The van der Waals surface area contributed by atoms with Crippen molar-refractivity contribution in [3.8, 4) is 0 Å². The molecule has 0 N–H and O–H groups in total. The molecule has 1 aliphatic rings. The second-order valence-corrected chi connectivity index (χ2v) is 5.64. The molecule has 1 atom stereocenters. The summed E-state index contributed by atoms with van der Waals surface area (Å²) in [4.78, 5) is 9.32. The molecule has 1 unspecified atom stereocenters. The Hall–Kier alpha value is -0.800. The van der Waals surface area contributed by atoms with Crippen molar-refractivity contribution in [2.75, 3.05) is 32.1 Å². The fraction of sp³-hybridized carbons (Fsp3) is 0.643. The summed E-state index contributed by atoms with van der Waals surface area (Å²) < 4.78 is 0. The fourth-order valence-corrected chi connectivity index (χ4v) is 2.87. The van der Waals surface area contributed by atoms with E-state index in [-0.39, 0.29) is 0 Å². The van der Waals surface area contributed by atoms with Crippen LogP contribution in [0.4, 0.5) is 5.82 Å². The van der Waals surface area contributed by atoms with Crippen LogP contribution in [-0.2, 0) is 5.88 Å². The van der Waals surface area contributed by atoms with Crippen molar-refractivity contribution in [3.63, 3.8) is 0 Å². The van der Waals surface area contributed by atoms with Crippen molar-refractivity contribution in [2.45, 2.75) is 31.7 Å². The van der Waals surface area contributed by atoms with Gasteiger partial charge in [0.1, 0.15) is 5.82 Å². The van der Waals surface area contributed by atoms with Crippen LogP contribution < -0.4 is 4.90 Å². The molecular weight excluding hydrogens is 246 g/mol. The number of hydrogen-bond acceptors (Lipinski definition) is 3. The van der Waals surface area contributed by atoms with Gasteiger partial charge in [-0.05, 0) is 51.1 Å². The van der Waals surface area contributed by atoms with Crippen LogP contribution in [0.3, 0.4) is 0 Å². The molecule has 1 aromatic rings. The van der Waals surface area contributed by atoms with E-state index in [1.165, 1.54) is 18.4 Å². The first-order valence-electron chi connectivity index (χ1n) is 6.54. The minimum atomic E-state index is 0.537. The number of likely N-dealkylation sites (N-methyl/N-ethyl adjacent to an activating group) is 1. The summed E-state index contributed by atoms with van der Waals surface area (Å²) in [7, 11) is 4.26. The molecule has 1 aliphatic heterocycles. The summed E-state index contributed by atoms with van der Waals surface area (Å²) >= 11 is 5.85. The molecule has 0 spiro atoms. The van der Waals surface area contributed by atoms with Crippen molar-refractivity contribution >= 4 is 17.4 Å². The van der Waals surface area contributed by atoms with E-state index in [1.807, 2.05) is 6.20 Å². The Bertz CT molecular complexity index is 406. The minimum absolute atomic E-state index is 0.537. The standard InChI is InChI=1S/C14H22ClN3/c1-11-7-12(8-15)9-16-14(11)18-6-4-5-13(18)10-17(2)3/h7,9,13H,4-6,8,10H2,1-3H3. The second-order valence-electron chi connectivity index (χ2n) is 5.37. The Balaban J connectivity index is 2.19. The van der Waals surface area contributed by atoms with E-state index in [4.69, 9.17) is 11.6 Å². The van der Waals surface area contributed by atoms with Crippen LogP contribution in [0.5, 0.6) is 0 Å². The van der Waals surface area contributed by atoms with Crippen LogP contribution in [-0.4, -0.2) is 43.1 Å². The largest absolute Gasteiger partial charge is 0.352 e. The van der Waals surface area contributed by atoms with E-state index < -0.39 is 0 Å². The molecular formula is C14H22ClN3. The summed E-state index contributed by atoms with van der Waals surface area (Å²) in [6.45, 7) is 4.34. The lowest BCUT2D eigenvalue weighted by Gasteiger charge is -2.29. The third-order valence-electron chi connectivity index (χ3n) is 3.49. The van der Waals surface area contributed by atoms with Crippen LogP contribution >= 0.6 is 11.6 Å². The summed E-state index contributed by atoms with van der Waals surface area (Å²) in [5.74, 6) is 1.67. The van der Waals surface area contributed by atoms with Crippen molar-refractivity contribution in [2.24, 2.45) is 0 Å². The zero-order valence-corrected chi connectivity index (χ0v) is 12.2. The molecule has 0 aromatic carbocycles. The van der Waals surface area contributed by atoms with Crippen molar-refractivity contribution in [1.82, 2.24) is 9.88 Å². The Labute approximate surface area is 115 Å². The van der Waals surface area contributed by atoms with Gasteiger partial charge in [0.25, 0.3) is 0 Å². The average molecular weight is 268 g/mol. The van der Waals surface area contributed by atoms with Gasteiger partial charge in [0.05, 0.1) is 0 Å². The summed E-state index contributed by atoms with van der Waals surface area (Å²) in [5.41, 5.74) is 2.33. The van der Waals surface area contributed by atoms with Gasteiger partial charge >= 0.3 is 0 Å². The molecule has 0 saturated carbocycles. The van der Waals surface area contributed by atoms with Crippen LogP contribution in [0.2, 0.25) is 0 Å². The van der Waals surface area contributed by atoms with Gasteiger partial charge in [-0.1, -0.05) is 0 Å². The maximum Gasteiger partial charge on any atom is 0.131 e. The fourth-order valence-electron chi connectivity index (χ4n) is 2.73. The van der Waals surface area contributed by atoms with E-state index in [2.05, 4.69) is 41.9 Å². The average Bonchev–Trinajstić information content (AvgIpc) is 2.76. The second kappa shape index (κ2) is 5.89. The molecule has 1 fully saturated rings. The van der Waals surface area contributed by atoms with Crippen LogP contribution in [0.1, 0.15) is 24.0 Å². The van der Waals surface area contributed by atoms with Crippen LogP contribution in [0.15, 0.2) is 12.3 Å². The van der Waals surface area contributed by atoms with Crippen LogP contribution in [0, 0.1) is 6.92 Å². The first kappa shape index (κ1) is 13.6. The van der Waals surface area contributed by atoms with E-state index in [9.17, 15) is 0 Å². The molecule has 1 aromatic heterocycles. The number of anilines is 1. The zero-order chi connectivity index (χ0) is 13.1. The third-order valence-corrected chi connectivity index (χ3v) is 3.80. The number of aryl methyl sites for hydroxylation is 1. The molecule has 2 heterocycles. The highest BCUT2D eigenvalue weighted by molar-refractivity contribution is 6.17. The predicted molar refractivity (Wildman–Crippen MR) is 77.5 cm³/mol. The molecule has 4 heteroatoms. The normalized spacial score (nSPS) is 19.8. The van der Waals surface area contributed by atoms with E-state index in [0.717, 1.165) is 24.5 Å². The maximum atomic E-state index is 5.85. The van der Waals surface area contributed by atoms with Gasteiger partial charge < -0.3 is 9.80 Å². The molecule has 2 rings (SSSR count). The SMILES string of the molecule is Cc1cc(CCl)cnc1N1CCCC1CN(C)C. The van der Waals surface area contributed by atoms with E-state index in [0.29, 0.717) is 11.9 Å². The summed E-state index contributed by atoms with van der Waals surface area (Å²) in [6.07, 6.45) is 4.42. The lowest BCUT2D eigenvalue weighted by molar-refractivity contribution is 0.371. The van der Waals surface area contributed by atoms with Crippen molar-refractivity contribution < 1.29 is 0 Å². The topological polar surface area (TPSA) is 19.4 Å². The van der Waals surface area contributed by atoms with E-state index >= 15 is 0 Å². The molecule has 3 nitrogen and oxygen atoms in total. The maximum absolute atomic E-state index is 5.85. The quantitative estimate of drug-likeness (QED) is 0.782. The molecule has 0 radical (unpaired) electrons. The highest BCUT2D eigenvalue weighted by atomic mass is 35.5. The first-order valence-corrected chi connectivity index (χ1v) is 7.08. The van der Waals surface area contributed by atoms with Gasteiger partial charge in [-0.2, -0.15) is 0 Å². The molecule has 100 valence electrons. The first-order chi connectivity index (χ1) is 8.61. The molecule has 0 aliphatic carbocycles. The highest BCUT2D eigenvalue weighted by Gasteiger charge is 2.26. The number of halogens is 1. The van der Waals surface area contributed by atoms with Gasteiger partial charge in [-0.15, -0.1) is 11.6 Å². The van der Waals surface area contributed by atoms with Gasteiger partial charge in [0.2, 0.25) is 0 Å². The monoisotopic (exact) mass is 267 g/mol. The Morgan fingerprint density at radius 3 is 2.89 bits per heavy atom. The summed E-state index contributed by atoms with van der Waals surface area (Å²) in [5, 5.41) is 0. The number of alkyl halides is 1. The van der Waals surface area contributed by atoms with E-state index in [1.54, 1.807) is 0 Å². The number of aromatic nitrogens is 1. The molecule has 18 heavy (non-hydrogen) atoms. The molecule has 0 bridgehead atoms. The Morgan fingerprint density at radius 2 is 2.28 bits per heavy atom.